The van der Waals surface area contributed by atoms with Crippen LogP contribution in [0.15, 0.2) is 29.6 Å². The van der Waals surface area contributed by atoms with Gasteiger partial charge in [-0.15, -0.1) is 0 Å². The molecule has 1 amide bonds. The van der Waals surface area contributed by atoms with Crippen LogP contribution >= 0.6 is 0 Å². The number of nitrogens with zero attached hydrogens (tertiary/aromatic N) is 4. The molecule has 0 saturated heterocycles. The lowest BCUT2D eigenvalue weighted by Crippen LogP contribution is -2.31. The van der Waals surface area contributed by atoms with E-state index in [-0.39, 0.29) is 17.2 Å². The summed E-state index contributed by atoms with van der Waals surface area (Å²) in [7, 11) is 0. The van der Waals surface area contributed by atoms with Crippen LogP contribution in [0, 0.1) is 6.92 Å². The first-order valence-corrected chi connectivity index (χ1v) is 7.27. The molecule has 2 aromatic rings. The molecule has 0 aliphatic heterocycles. The van der Waals surface area contributed by atoms with Crippen LogP contribution < -0.4 is 10.9 Å². The largest absolute Gasteiger partial charge is 0.349 e. The van der Waals surface area contributed by atoms with E-state index >= 15 is 0 Å². The molecule has 114 valence electrons. The lowest BCUT2D eigenvalue weighted by atomic mass is 10.3. The Morgan fingerprint density at radius 1 is 1.32 bits per heavy atom. The molecule has 2 heterocycles. The van der Waals surface area contributed by atoms with Crippen molar-refractivity contribution in [2.45, 2.75) is 32.2 Å². The number of aryl methyl sites for hydroxylation is 1. The highest BCUT2D eigenvalue weighted by molar-refractivity contribution is 5.91. The summed E-state index contributed by atoms with van der Waals surface area (Å²) in [6, 6.07) is 1.59. The Morgan fingerprint density at radius 3 is 2.77 bits per heavy atom. The highest BCUT2D eigenvalue weighted by Crippen LogP contribution is 2.38. The number of rotatable bonds is 5. The van der Waals surface area contributed by atoms with Gasteiger partial charge in [0.05, 0.1) is 23.9 Å². The summed E-state index contributed by atoms with van der Waals surface area (Å²) in [5, 5.41) is 2.71. The first-order chi connectivity index (χ1) is 10.6. The quantitative estimate of drug-likeness (QED) is 0.875. The van der Waals surface area contributed by atoms with Crippen molar-refractivity contribution in [3.63, 3.8) is 0 Å². The Labute approximate surface area is 127 Å². The molecule has 1 fully saturated rings. The molecule has 1 N–H and O–H groups in total. The van der Waals surface area contributed by atoms with Crippen molar-refractivity contribution in [2.75, 3.05) is 6.54 Å². The van der Waals surface area contributed by atoms with Crippen LogP contribution in [0.3, 0.4) is 0 Å². The number of hydrogen-bond donors (Lipinski definition) is 1. The van der Waals surface area contributed by atoms with Gasteiger partial charge in [-0.05, 0) is 19.8 Å². The molecule has 1 aliphatic rings. The van der Waals surface area contributed by atoms with Gasteiger partial charge in [-0.25, -0.2) is 9.97 Å². The van der Waals surface area contributed by atoms with Crippen LogP contribution in [0.5, 0.6) is 0 Å². The summed E-state index contributed by atoms with van der Waals surface area (Å²) in [4.78, 5) is 36.1. The molecule has 1 saturated carbocycles. The van der Waals surface area contributed by atoms with E-state index in [0.717, 1.165) is 24.2 Å². The van der Waals surface area contributed by atoms with Crippen molar-refractivity contribution in [2.24, 2.45) is 0 Å². The number of carbonyl (C=O) groups is 1. The summed E-state index contributed by atoms with van der Waals surface area (Å²) < 4.78 is 1.49. The standard InChI is InChI=1S/C15H17N5O2/c1-10-7-18-13(8-17-10)15(22)16-4-5-20-9-19-12(6-14(20)21)11-2-3-11/h6-9,11H,2-5H2,1H3,(H,16,22). The van der Waals surface area contributed by atoms with E-state index in [1.54, 1.807) is 25.5 Å². The SMILES string of the molecule is Cc1cnc(C(=O)NCCn2cnc(C3CC3)cc2=O)cn1. The van der Waals surface area contributed by atoms with Crippen molar-refractivity contribution >= 4 is 5.91 Å². The molecule has 0 unspecified atom stereocenters. The molecule has 0 radical (unpaired) electrons. The topological polar surface area (TPSA) is 89.8 Å². The zero-order valence-electron chi connectivity index (χ0n) is 12.3. The van der Waals surface area contributed by atoms with Crippen molar-refractivity contribution in [1.29, 1.82) is 0 Å². The van der Waals surface area contributed by atoms with Gasteiger partial charge in [0.25, 0.3) is 11.5 Å². The van der Waals surface area contributed by atoms with Crippen molar-refractivity contribution in [3.8, 4) is 0 Å². The van der Waals surface area contributed by atoms with Crippen molar-refractivity contribution in [1.82, 2.24) is 24.8 Å². The minimum Gasteiger partial charge on any atom is -0.349 e. The average molecular weight is 299 g/mol. The molecule has 0 spiro atoms. The summed E-state index contributed by atoms with van der Waals surface area (Å²) in [5.41, 5.74) is 1.81. The Balaban J connectivity index is 1.55. The zero-order valence-corrected chi connectivity index (χ0v) is 12.3. The zero-order chi connectivity index (χ0) is 15.5. The number of hydrogen-bond acceptors (Lipinski definition) is 5. The third kappa shape index (κ3) is 3.36. The lowest BCUT2D eigenvalue weighted by Gasteiger charge is -2.07. The van der Waals surface area contributed by atoms with Gasteiger partial charge in [-0.3, -0.25) is 19.1 Å². The maximum atomic E-state index is 11.9. The van der Waals surface area contributed by atoms with Crippen LogP contribution in [0.1, 0.15) is 40.6 Å². The van der Waals surface area contributed by atoms with Crippen LogP contribution in [-0.2, 0) is 6.54 Å². The first-order valence-electron chi connectivity index (χ1n) is 7.27. The van der Waals surface area contributed by atoms with Crippen molar-refractivity contribution < 1.29 is 4.79 Å². The molecule has 1 aliphatic carbocycles. The van der Waals surface area contributed by atoms with E-state index < -0.39 is 0 Å². The monoisotopic (exact) mass is 299 g/mol. The fraction of sp³-hybridized carbons (Fsp3) is 0.400. The Morgan fingerprint density at radius 2 is 2.14 bits per heavy atom. The Bertz CT molecular complexity index is 734. The van der Waals surface area contributed by atoms with E-state index in [4.69, 9.17) is 0 Å². The summed E-state index contributed by atoms with van der Waals surface area (Å²) in [6.07, 6.45) is 6.75. The van der Waals surface area contributed by atoms with Crippen molar-refractivity contribution in [3.05, 3.63) is 52.2 Å². The van der Waals surface area contributed by atoms with Gasteiger partial charge in [-0.2, -0.15) is 0 Å². The van der Waals surface area contributed by atoms with E-state index in [9.17, 15) is 9.59 Å². The average Bonchev–Trinajstić information content (AvgIpc) is 3.34. The van der Waals surface area contributed by atoms with Gasteiger partial charge in [0.2, 0.25) is 0 Å². The molecule has 7 heteroatoms. The predicted molar refractivity (Wildman–Crippen MR) is 79.6 cm³/mol. The number of nitrogens with one attached hydrogen (secondary N) is 1. The normalized spacial score (nSPS) is 13.9. The van der Waals surface area contributed by atoms with Crippen LogP contribution in [0.25, 0.3) is 0 Å². The van der Waals surface area contributed by atoms with Crippen LogP contribution in [-0.4, -0.2) is 32.0 Å². The summed E-state index contributed by atoms with van der Waals surface area (Å²) >= 11 is 0. The molecule has 7 nitrogen and oxygen atoms in total. The first kappa shape index (κ1) is 14.4. The number of carbonyl (C=O) groups excluding carboxylic acids is 1. The second-order valence-corrected chi connectivity index (χ2v) is 5.42. The van der Waals surface area contributed by atoms with Gasteiger partial charge in [0.15, 0.2) is 0 Å². The van der Waals surface area contributed by atoms with Gasteiger partial charge in [0, 0.05) is 31.3 Å². The highest BCUT2D eigenvalue weighted by atomic mass is 16.2. The molecule has 2 aromatic heterocycles. The fourth-order valence-electron chi connectivity index (χ4n) is 2.10. The van der Waals surface area contributed by atoms with Gasteiger partial charge < -0.3 is 5.32 Å². The lowest BCUT2D eigenvalue weighted by molar-refractivity contribution is 0.0946. The number of aromatic nitrogens is 4. The minimum atomic E-state index is -0.303. The van der Waals surface area contributed by atoms with Crippen LogP contribution in [0.4, 0.5) is 0 Å². The Kier molecular flexibility index (Phi) is 3.95. The highest BCUT2D eigenvalue weighted by Gasteiger charge is 2.25. The second kappa shape index (κ2) is 6.05. The molecule has 0 atom stereocenters. The van der Waals surface area contributed by atoms with E-state index in [1.165, 1.54) is 10.8 Å². The summed E-state index contributed by atoms with van der Waals surface area (Å²) in [6.45, 7) is 2.51. The van der Waals surface area contributed by atoms with E-state index in [1.807, 2.05) is 0 Å². The molecule has 0 bridgehead atoms. The Hall–Kier alpha value is -2.57. The van der Waals surface area contributed by atoms with Crippen LogP contribution in [0.2, 0.25) is 0 Å². The second-order valence-electron chi connectivity index (χ2n) is 5.42. The van der Waals surface area contributed by atoms with Gasteiger partial charge >= 0.3 is 0 Å². The molecule has 0 aromatic carbocycles. The van der Waals surface area contributed by atoms with Gasteiger partial charge in [0.1, 0.15) is 5.69 Å². The molecular formula is C15H17N5O2. The van der Waals surface area contributed by atoms with E-state index in [2.05, 4.69) is 20.3 Å². The maximum Gasteiger partial charge on any atom is 0.271 e. The predicted octanol–water partition coefficient (Wildman–Crippen LogP) is 0.649. The third-order valence-electron chi connectivity index (χ3n) is 3.55. The molecular weight excluding hydrogens is 282 g/mol. The maximum absolute atomic E-state index is 11.9. The summed E-state index contributed by atoms with van der Waals surface area (Å²) in [5.74, 6) is 0.158. The fourth-order valence-corrected chi connectivity index (χ4v) is 2.10. The molecule has 3 rings (SSSR count). The number of amides is 1. The minimum absolute atomic E-state index is 0.0822. The third-order valence-corrected chi connectivity index (χ3v) is 3.55. The molecule has 22 heavy (non-hydrogen) atoms. The van der Waals surface area contributed by atoms with E-state index in [0.29, 0.717) is 19.0 Å². The van der Waals surface area contributed by atoms with Gasteiger partial charge in [-0.1, -0.05) is 0 Å². The smallest absolute Gasteiger partial charge is 0.271 e.